The molecule has 0 bridgehead atoms. The van der Waals surface area contributed by atoms with Crippen LogP contribution >= 0.6 is 0 Å². The fraction of sp³-hybridized carbons (Fsp3) is 1.00. The van der Waals surface area contributed by atoms with E-state index >= 15 is 0 Å². The molecular formula is C14H31N3O. The van der Waals surface area contributed by atoms with Crippen molar-refractivity contribution in [3.05, 3.63) is 0 Å². The van der Waals surface area contributed by atoms with E-state index in [4.69, 9.17) is 4.74 Å². The Hall–Kier alpha value is -0.160. The Morgan fingerprint density at radius 2 is 1.89 bits per heavy atom. The summed E-state index contributed by atoms with van der Waals surface area (Å²) >= 11 is 0. The van der Waals surface area contributed by atoms with Crippen molar-refractivity contribution in [3.63, 3.8) is 0 Å². The van der Waals surface area contributed by atoms with E-state index in [-0.39, 0.29) is 5.54 Å². The first-order valence-corrected chi connectivity index (χ1v) is 7.09. The van der Waals surface area contributed by atoms with Crippen LogP contribution in [0.1, 0.15) is 27.2 Å². The van der Waals surface area contributed by atoms with Crippen LogP contribution in [0.2, 0.25) is 0 Å². The molecule has 4 nitrogen and oxygen atoms in total. The van der Waals surface area contributed by atoms with Crippen molar-refractivity contribution >= 4 is 0 Å². The van der Waals surface area contributed by atoms with Gasteiger partial charge in [-0.25, -0.2) is 0 Å². The maximum atomic E-state index is 5.39. The molecule has 4 heteroatoms. The summed E-state index contributed by atoms with van der Waals surface area (Å²) in [7, 11) is 4.01. The van der Waals surface area contributed by atoms with Crippen molar-refractivity contribution in [2.75, 3.05) is 53.5 Å². The SMILES string of the molecule is COCC(CNC(C)(C)C)N1CCCN(C)CC1. The summed E-state index contributed by atoms with van der Waals surface area (Å²) in [6.45, 7) is 13.2. The second kappa shape index (κ2) is 7.43. The normalized spacial score (nSPS) is 21.8. The van der Waals surface area contributed by atoms with Crippen molar-refractivity contribution in [2.24, 2.45) is 0 Å². The average molecular weight is 257 g/mol. The number of hydrogen-bond donors (Lipinski definition) is 1. The van der Waals surface area contributed by atoms with Gasteiger partial charge in [-0.15, -0.1) is 0 Å². The smallest absolute Gasteiger partial charge is 0.0630 e. The largest absolute Gasteiger partial charge is 0.383 e. The molecule has 1 atom stereocenters. The molecule has 1 N–H and O–H groups in total. The van der Waals surface area contributed by atoms with Gasteiger partial charge in [-0.2, -0.15) is 0 Å². The van der Waals surface area contributed by atoms with Crippen LogP contribution in [-0.4, -0.2) is 74.9 Å². The molecule has 1 aliphatic rings. The zero-order chi connectivity index (χ0) is 13.6. The average Bonchev–Trinajstić information content (AvgIpc) is 2.48. The first kappa shape index (κ1) is 15.9. The van der Waals surface area contributed by atoms with E-state index in [2.05, 4.69) is 42.9 Å². The van der Waals surface area contributed by atoms with Crippen molar-refractivity contribution < 1.29 is 4.74 Å². The molecule has 1 heterocycles. The summed E-state index contributed by atoms with van der Waals surface area (Å²) in [5, 5.41) is 3.60. The molecule has 1 fully saturated rings. The second-order valence-electron chi connectivity index (χ2n) is 6.43. The van der Waals surface area contributed by atoms with Gasteiger partial charge in [0.1, 0.15) is 0 Å². The Morgan fingerprint density at radius 1 is 1.17 bits per heavy atom. The number of ether oxygens (including phenoxy) is 1. The van der Waals surface area contributed by atoms with Gasteiger partial charge in [0.15, 0.2) is 0 Å². The van der Waals surface area contributed by atoms with Crippen LogP contribution in [0.15, 0.2) is 0 Å². The van der Waals surface area contributed by atoms with Gasteiger partial charge in [-0.3, -0.25) is 4.90 Å². The van der Waals surface area contributed by atoms with Gasteiger partial charge in [0.2, 0.25) is 0 Å². The second-order valence-corrected chi connectivity index (χ2v) is 6.43. The van der Waals surface area contributed by atoms with Crippen molar-refractivity contribution in [1.82, 2.24) is 15.1 Å². The fourth-order valence-electron chi connectivity index (χ4n) is 2.34. The minimum atomic E-state index is 0.175. The topological polar surface area (TPSA) is 27.7 Å². The summed E-state index contributed by atoms with van der Waals surface area (Å²) in [6.07, 6.45) is 1.26. The van der Waals surface area contributed by atoms with Crippen molar-refractivity contribution in [2.45, 2.75) is 38.8 Å². The van der Waals surface area contributed by atoms with E-state index in [1.807, 2.05) is 0 Å². The van der Waals surface area contributed by atoms with E-state index in [1.54, 1.807) is 7.11 Å². The molecular weight excluding hydrogens is 226 g/mol. The van der Waals surface area contributed by atoms with Crippen molar-refractivity contribution in [1.29, 1.82) is 0 Å². The zero-order valence-electron chi connectivity index (χ0n) is 12.8. The summed E-state index contributed by atoms with van der Waals surface area (Å²) in [5.74, 6) is 0. The van der Waals surface area contributed by atoms with Gasteiger partial charge in [-0.1, -0.05) is 0 Å². The van der Waals surface area contributed by atoms with Crippen LogP contribution in [0.3, 0.4) is 0 Å². The van der Waals surface area contributed by atoms with Crippen LogP contribution in [0.25, 0.3) is 0 Å². The number of hydrogen-bond acceptors (Lipinski definition) is 4. The van der Waals surface area contributed by atoms with Gasteiger partial charge in [0.25, 0.3) is 0 Å². The fourth-order valence-corrected chi connectivity index (χ4v) is 2.34. The molecule has 1 unspecified atom stereocenters. The van der Waals surface area contributed by atoms with Crippen LogP contribution in [0.4, 0.5) is 0 Å². The van der Waals surface area contributed by atoms with Crippen LogP contribution in [0.5, 0.6) is 0 Å². The van der Waals surface area contributed by atoms with Gasteiger partial charge < -0.3 is 15.0 Å². The molecule has 0 aromatic carbocycles. The molecule has 0 amide bonds. The summed E-state index contributed by atoms with van der Waals surface area (Å²) in [4.78, 5) is 4.99. The first-order valence-electron chi connectivity index (χ1n) is 7.09. The highest BCUT2D eigenvalue weighted by atomic mass is 16.5. The lowest BCUT2D eigenvalue weighted by Crippen LogP contribution is -2.50. The quantitative estimate of drug-likeness (QED) is 0.796. The summed E-state index contributed by atoms with van der Waals surface area (Å²) < 4.78 is 5.39. The monoisotopic (exact) mass is 257 g/mol. The van der Waals surface area contributed by atoms with E-state index in [9.17, 15) is 0 Å². The Bertz CT molecular complexity index is 228. The summed E-state index contributed by atoms with van der Waals surface area (Å²) in [6, 6.07) is 0.487. The molecule has 108 valence electrons. The molecule has 1 saturated heterocycles. The lowest BCUT2D eigenvalue weighted by Gasteiger charge is -2.33. The third-order valence-corrected chi connectivity index (χ3v) is 3.50. The number of likely N-dealkylation sites (N-methyl/N-ethyl adjacent to an activating group) is 1. The molecule has 0 spiro atoms. The molecule has 1 aliphatic heterocycles. The molecule has 0 aromatic rings. The first-order chi connectivity index (χ1) is 8.42. The minimum Gasteiger partial charge on any atom is -0.383 e. The Morgan fingerprint density at radius 3 is 2.50 bits per heavy atom. The highest BCUT2D eigenvalue weighted by Crippen LogP contribution is 2.08. The number of rotatable bonds is 5. The molecule has 1 rings (SSSR count). The lowest BCUT2D eigenvalue weighted by atomic mass is 10.1. The predicted molar refractivity (Wildman–Crippen MR) is 77.1 cm³/mol. The van der Waals surface area contributed by atoms with E-state index in [0.717, 1.165) is 26.2 Å². The van der Waals surface area contributed by atoms with Gasteiger partial charge in [-0.05, 0) is 47.3 Å². The van der Waals surface area contributed by atoms with Gasteiger partial charge in [0.05, 0.1) is 6.61 Å². The standard InChI is InChI=1S/C14H31N3O/c1-14(2,3)15-11-13(12-18-5)17-8-6-7-16(4)9-10-17/h13,15H,6-12H2,1-5H3. The Labute approximate surface area is 113 Å². The predicted octanol–water partition coefficient (Wildman–Crippen LogP) is 1.03. The lowest BCUT2D eigenvalue weighted by molar-refractivity contribution is 0.0878. The van der Waals surface area contributed by atoms with Gasteiger partial charge >= 0.3 is 0 Å². The highest BCUT2D eigenvalue weighted by Gasteiger charge is 2.22. The zero-order valence-corrected chi connectivity index (χ0v) is 12.8. The molecule has 0 saturated carbocycles. The number of methoxy groups -OCH3 is 1. The third kappa shape index (κ3) is 6.14. The van der Waals surface area contributed by atoms with E-state index in [0.29, 0.717) is 6.04 Å². The number of nitrogens with one attached hydrogen (secondary N) is 1. The van der Waals surface area contributed by atoms with Crippen LogP contribution in [0, 0.1) is 0 Å². The maximum Gasteiger partial charge on any atom is 0.0630 e. The molecule has 0 aliphatic carbocycles. The molecule has 0 radical (unpaired) electrons. The van der Waals surface area contributed by atoms with Crippen LogP contribution < -0.4 is 5.32 Å². The summed E-state index contributed by atoms with van der Waals surface area (Å²) in [5.41, 5.74) is 0.175. The molecule has 18 heavy (non-hydrogen) atoms. The minimum absolute atomic E-state index is 0.175. The number of nitrogens with zero attached hydrogens (tertiary/aromatic N) is 2. The third-order valence-electron chi connectivity index (χ3n) is 3.50. The van der Waals surface area contributed by atoms with Crippen molar-refractivity contribution in [3.8, 4) is 0 Å². The van der Waals surface area contributed by atoms with Crippen LogP contribution in [-0.2, 0) is 4.74 Å². The van der Waals surface area contributed by atoms with E-state index in [1.165, 1.54) is 19.5 Å². The Kier molecular flexibility index (Phi) is 6.57. The van der Waals surface area contributed by atoms with Gasteiger partial charge in [0, 0.05) is 38.3 Å². The maximum absolute atomic E-state index is 5.39. The molecule has 0 aromatic heterocycles. The highest BCUT2D eigenvalue weighted by molar-refractivity contribution is 4.81. The van der Waals surface area contributed by atoms with E-state index < -0.39 is 0 Å². The Balaban J connectivity index is 2.48.